The molecule has 0 fully saturated rings. The quantitative estimate of drug-likeness (QED) is 0.716. The van der Waals surface area contributed by atoms with E-state index in [9.17, 15) is 13.2 Å². The summed E-state index contributed by atoms with van der Waals surface area (Å²) >= 11 is 0. The molecule has 0 aliphatic carbocycles. The number of carbonyl (C=O) groups is 1. The number of hydrogen-bond acceptors (Lipinski definition) is 4. The van der Waals surface area contributed by atoms with Crippen molar-refractivity contribution in [3.8, 4) is 0 Å². The first-order valence-corrected chi connectivity index (χ1v) is 11.1. The third-order valence-electron chi connectivity index (χ3n) is 4.92. The molecule has 0 spiro atoms. The molecule has 28 heavy (non-hydrogen) atoms. The molecule has 1 amide bonds. The van der Waals surface area contributed by atoms with Crippen LogP contribution in [-0.2, 0) is 23.0 Å². The largest absolute Gasteiger partial charge is 0.310 e. The highest BCUT2D eigenvalue weighted by Gasteiger charge is 2.27. The van der Waals surface area contributed by atoms with Crippen molar-refractivity contribution >= 4 is 38.6 Å². The maximum Gasteiger partial charge on any atom is 0.257 e. The number of fused-ring (bicyclic) bond motifs is 2. The lowest BCUT2D eigenvalue weighted by Gasteiger charge is -2.16. The lowest BCUT2D eigenvalue weighted by Crippen LogP contribution is -2.27. The predicted molar refractivity (Wildman–Crippen MR) is 110 cm³/mol. The van der Waals surface area contributed by atoms with E-state index in [4.69, 9.17) is 0 Å². The second-order valence-electron chi connectivity index (χ2n) is 6.96. The maximum absolute atomic E-state index is 12.8. The lowest BCUT2D eigenvalue weighted by atomic mass is 10.1. The van der Waals surface area contributed by atoms with Gasteiger partial charge in [0.15, 0.2) is 0 Å². The fourth-order valence-electron chi connectivity index (χ4n) is 3.65. The molecule has 0 radical (unpaired) electrons. The topological polar surface area (TPSA) is 84.3 Å². The summed E-state index contributed by atoms with van der Waals surface area (Å²) in [7, 11) is -3.30. The van der Waals surface area contributed by atoms with Gasteiger partial charge in [0.25, 0.3) is 5.91 Å². The number of sulfonamides is 1. The second-order valence-corrected chi connectivity index (χ2v) is 8.87. The molecule has 2 heterocycles. The van der Waals surface area contributed by atoms with E-state index in [1.807, 2.05) is 28.8 Å². The van der Waals surface area contributed by atoms with Crippen molar-refractivity contribution in [3.05, 3.63) is 53.6 Å². The standard InChI is InChI=1S/C20H22N4O3S/c1-3-11-23-18-7-5-4-6-16(18)21-20(23)22-19(25)15-8-9-17-14(13-15)10-12-24(17)28(2,26)27/h4-9,13H,3,10-12H2,1-2H3,(H,21,22,25). The SMILES string of the molecule is CCCn1c(NC(=O)c2ccc3c(c2)CCN3S(C)(=O)=O)nc2ccccc21. The van der Waals surface area contributed by atoms with Crippen molar-refractivity contribution in [2.45, 2.75) is 26.3 Å². The molecule has 3 aromatic rings. The number of anilines is 2. The smallest absolute Gasteiger partial charge is 0.257 e. The van der Waals surface area contributed by atoms with Crippen LogP contribution in [-0.4, -0.2) is 36.7 Å². The maximum atomic E-state index is 12.8. The summed E-state index contributed by atoms with van der Waals surface area (Å²) in [5.74, 6) is 0.263. The number of rotatable bonds is 5. The molecule has 0 bridgehead atoms. The predicted octanol–water partition coefficient (Wildman–Crippen LogP) is 3.02. The Morgan fingerprint density at radius 3 is 2.75 bits per heavy atom. The molecule has 1 aromatic heterocycles. The number of aromatic nitrogens is 2. The molecule has 0 unspecified atom stereocenters. The molecule has 146 valence electrons. The fourth-order valence-corrected chi connectivity index (χ4v) is 4.61. The molecular weight excluding hydrogens is 376 g/mol. The van der Waals surface area contributed by atoms with Gasteiger partial charge in [0, 0.05) is 18.7 Å². The van der Waals surface area contributed by atoms with E-state index in [0.29, 0.717) is 30.2 Å². The first kappa shape index (κ1) is 18.5. The average Bonchev–Trinajstić information content (AvgIpc) is 3.23. The number of para-hydroxylation sites is 2. The first-order valence-electron chi connectivity index (χ1n) is 9.25. The summed E-state index contributed by atoms with van der Waals surface area (Å²) in [6.07, 6.45) is 2.71. The molecule has 2 aromatic carbocycles. The van der Waals surface area contributed by atoms with Crippen LogP contribution >= 0.6 is 0 Å². The molecule has 1 aliphatic rings. The van der Waals surface area contributed by atoms with E-state index in [1.165, 1.54) is 10.6 Å². The summed E-state index contributed by atoms with van der Waals surface area (Å²) in [5, 5.41) is 2.91. The highest BCUT2D eigenvalue weighted by molar-refractivity contribution is 7.92. The molecule has 8 heteroatoms. The summed E-state index contributed by atoms with van der Waals surface area (Å²) in [4.78, 5) is 17.4. The minimum atomic E-state index is -3.30. The van der Waals surface area contributed by atoms with E-state index >= 15 is 0 Å². The molecule has 0 atom stereocenters. The average molecular weight is 398 g/mol. The zero-order chi connectivity index (χ0) is 19.9. The lowest BCUT2D eigenvalue weighted by molar-refractivity contribution is 0.102. The first-order chi connectivity index (χ1) is 13.4. The molecule has 0 saturated heterocycles. The Bertz CT molecular complexity index is 1170. The zero-order valence-electron chi connectivity index (χ0n) is 15.8. The van der Waals surface area contributed by atoms with Gasteiger partial charge in [-0.25, -0.2) is 13.4 Å². The summed E-state index contributed by atoms with van der Waals surface area (Å²) < 4.78 is 27.1. The highest BCUT2D eigenvalue weighted by Crippen LogP contribution is 2.31. The number of amides is 1. The van der Waals surface area contributed by atoms with E-state index in [1.54, 1.807) is 18.2 Å². The normalized spacial score (nSPS) is 13.7. The van der Waals surface area contributed by atoms with Gasteiger partial charge < -0.3 is 4.57 Å². The van der Waals surface area contributed by atoms with Crippen LogP contribution in [0.5, 0.6) is 0 Å². The summed E-state index contributed by atoms with van der Waals surface area (Å²) in [5.41, 5.74) is 3.82. The third-order valence-corrected chi connectivity index (χ3v) is 6.10. The minimum Gasteiger partial charge on any atom is -0.310 e. The Morgan fingerprint density at radius 2 is 2.00 bits per heavy atom. The molecule has 1 N–H and O–H groups in total. The Kier molecular flexibility index (Phi) is 4.58. The number of nitrogens with zero attached hydrogens (tertiary/aromatic N) is 3. The molecule has 7 nitrogen and oxygen atoms in total. The highest BCUT2D eigenvalue weighted by atomic mass is 32.2. The van der Waals surface area contributed by atoms with E-state index in [2.05, 4.69) is 17.2 Å². The fraction of sp³-hybridized carbons (Fsp3) is 0.300. The number of imidazole rings is 1. The van der Waals surface area contributed by atoms with Crippen LogP contribution in [0, 0.1) is 0 Å². The molecule has 4 rings (SSSR count). The van der Waals surface area contributed by atoms with E-state index in [-0.39, 0.29) is 5.91 Å². The minimum absolute atomic E-state index is 0.256. The van der Waals surface area contributed by atoms with Crippen LogP contribution in [0.3, 0.4) is 0 Å². The monoisotopic (exact) mass is 398 g/mol. The molecule has 1 aliphatic heterocycles. The van der Waals surface area contributed by atoms with Crippen LogP contribution in [0.1, 0.15) is 29.3 Å². The van der Waals surface area contributed by atoms with Gasteiger partial charge in [0.2, 0.25) is 16.0 Å². The van der Waals surface area contributed by atoms with Crippen molar-refractivity contribution in [2.24, 2.45) is 0 Å². The van der Waals surface area contributed by atoms with Crippen molar-refractivity contribution in [3.63, 3.8) is 0 Å². The van der Waals surface area contributed by atoms with Gasteiger partial charge in [-0.15, -0.1) is 0 Å². The number of nitrogens with one attached hydrogen (secondary N) is 1. The van der Waals surface area contributed by atoms with Gasteiger partial charge in [-0.1, -0.05) is 19.1 Å². The molecular formula is C20H22N4O3S. The van der Waals surface area contributed by atoms with Crippen LogP contribution in [0.4, 0.5) is 11.6 Å². The van der Waals surface area contributed by atoms with Gasteiger partial charge in [0.05, 0.1) is 23.0 Å². The number of aryl methyl sites for hydroxylation is 1. The van der Waals surface area contributed by atoms with Gasteiger partial charge in [-0.3, -0.25) is 14.4 Å². The zero-order valence-corrected chi connectivity index (χ0v) is 16.7. The Morgan fingerprint density at radius 1 is 1.21 bits per heavy atom. The third kappa shape index (κ3) is 3.24. The van der Waals surface area contributed by atoms with Crippen LogP contribution in [0.2, 0.25) is 0 Å². The Labute approximate surface area is 164 Å². The Hall–Kier alpha value is -2.87. The number of benzene rings is 2. The van der Waals surface area contributed by atoms with Crippen molar-refractivity contribution < 1.29 is 13.2 Å². The van der Waals surface area contributed by atoms with Crippen molar-refractivity contribution in [1.82, 2.24) is 9.55 Å². The number of carbonyl (C=O) groups excluding carboxylic acids is 1. The van der Waals surface area contributed by atoms with E-state index in [0.717, 1.165) is 29.6 Å². The number of hydrogen-bond donors (Lipinski definition) is 1. The Balaban J connectivity index is 1.63. The van der Waals surface area contributed by atoms with Gasteiger partial charge >= 0.3 is 0 Å². The summed E-state index contributed by atoms with van der Waals surface area (Å²) in [6.45, 7) is 3.24. The van der Waals surface area contributed by atoms with Gasteiger partial charge in [0.1, 0.15) is 0 Å². The van der Waals surface area contributed by atoms with Crippen molar-refractivity contribution in [1.29, 1.82) is 0 Å². The molecule has 0 saturated carbocycles. The van der Waals surface area contributed by atoms with Crippen LogP contribution in [0.15, 0.2) is 42.5 Å². The summed E-state index contributed by atoms with van der Waals surface area (Å²) in [6, 6.07) is 12.9. The van der Waals surface area contributed by atoms with Crippen LogP contribution in [0.25, 0.3) is 11.0 Å². The van der Waals surface area contributed by atoms with Crippen molar-refractivity contribution in [2.75, 3.05) is 22.4 Å². The van der Waals surface area contributed by atoms with Gasteiger partial charge in [-0.2, -0.15) is 0 Å². The van der Waals surface area contributed by atoms with Gasteiger partial charge in [-0.05, 0) is 48.7 Å². The van der Waals surface area contributed by atoms with Crippen LogP contribution < -0.4 is 9.62 Å². The second kappa shape index (κ2) is 6.94. The van der Waals surface area contributed by atoms with E-state index < -0.39 is 10.0 Å².